The average molecular weight is 202 g/mol. The number of carbonyl (C=O) groups excluding carboxylic acids is 2. The molecule has 5 heteroatoms. The summed E-state index contributed by atoms with van der Waals surface area (Å²) in [6.45, 7) is 1.13. The van der Waals surface area contributed by atoms with E-state index in [2.05, 4.69) is 0 Å². The topological polar surface area (TPSA) is 72.8 Å². The molecule has 1 unspecified atom stereocenters. The number of hydrogen-bond donors (Lipinski definition) is 1. The van der Waals surface area contributed by atoms with Crippen LogP contribution in [0.25, 0.3) is 0 Å². The Balaban J connectivity index is 3.96. The second-order valence-electron chi connectivity index (χ2n) is 2.64. The molecule has 1 atom stereocenters. The van der Waals surface area contributed by atoms with Crippen LogP contribution in [0.15, 0.2) is 12.2 Å². The lowest BCUT2D eigenvalue weighted by atomic mass is 10.4. The van der Waals surface area contributed by atoms with Gasteiger partial charge in [-0.2, -0.15) is 0 Å². The maximum atomic E-state index is 11.0. The maximum Gasteiger partial charge on any atom is 0.331 e. The standard InChI is InChI=1S/C9H14O5/c1-7(11)3-4-9(12)14-8(5-10)6-13-2/h3-4,8,10H,5-6H2,1-2H3/b4-3-. The van der Waals surface area contributed by atoms with Crippen molar-refractivity contribution in [3.63, 3.8) is 0 Å². The molecule has 0 bridgehead atoms. The van der Waals surface area contributed by atoms with Crippen molar-refractivity contribution in [3.05, 3.63) is 12.2 Å². The fourth-order valence-electron chi connectivity index (χ4n) is 0.699. The van der Waals surface area contributed by atoms with E-state index >= 15 is 0 Å². The normalized spacial score (nSPS) is 12.8. The molecular weight excluding hydrogens is 188 g/mol. The number of allylic oxidation sites excluding steroid dienone is 1. The number of methoxy groups -OCH3 is 1. The van der Waals surface area contributed by atoms with Crippen LogP contribution in [0.5, 0.6) is 0 Å². The number of aliphatic hydroxyl groups is 1. The zero-order valence-electron chi connectivity index (χ0n) is 8.23. The molecule has 0 aromatic heterocycles. The molecule has 0 saturated carbocycles. The van der Waals surface area contributed by atoms with Gasteiger partial charge in [-0.15, -0.1) is 0 Å². The van der Waals surface area contributed by atoms with Gasteiger partial charge >= 0.3 is 5.97 Å². The summed E-state index contributed by atoms with van der Waals surface area (Å²) >= 11 is 0. The predicted molar refractivity (Wildman–Crippen MR) is 48.7 cm³/mol. The lowest BCUT2D eigenvalue weighted by Gasteiger charge is -2.12. The first kappa shape index (κ1) is 12.8. The van der Waals surface area contributed by atoms with Gasteiger partial charge in [0, 0.05) is 13.2 Å². The van der Waals surface area contributed by atoms with E-state index in [-0.39, 0.29) is 19.0 Å². The number of ether oxygens (including phenoxy) is 2. The van der Waals surface area contributed by atoms with Gasteiger partial charge in [-0.05, 0) is 13.0 Å². The molecule has 0 aromatic carbocycles. The van der Waals surface area contributed by atoms with Crippen molar-refractivity contribution in [1.29, 1.82) is 0 Å². The highest BCUT2D eigenvalue weighted by Gasteiger charge is 2.10. The second kappa shape index (κ2) is 7.23. The van der Waals surface area contributed by atoms with Crippen LogP contribution in [0.2, 0.25) is 0 Å². The summed E-state index contributed by atoms with van der Waals surface area (Å²) in [6, 6.07) is 0. The second-order valence-corrected chi connectivity index (χ2v) is 2.64. The zero-order valence-corrected chi connectivity index (χ0v) is 8.23. The Hall–Kier alpha value is -1.20. The third-order valence-corrected chi connectivity index (χ3v) is 1.29. The molecule has 14 heavy (non-hydrogen) atoms. The fourth-order valence-corrected chi connectivity index (χ4v) is 0.699. The Kier molecular flexibility index (Phi) is 6.61. The molecule has 0 rings (SSSR count). The molecule has 0 aromatic rings. The van der Waals surface area contributed by atoms with E-state index in [4.69, 9.17) is 14.6 Å². The van der Waals surface area contributed by atoms with Crippen molar-refractivity contribution in [2.45, 2.75) is 13.0 Å². The van der Waals surface area contributed by atoms with Crippen LogP contribution in [0, 0.1) is 0 Å². The molecule has 0 aliphatic rings. The Labute approximate surface area is 82.3 Å². The largest absolute Gasteiger partial charge is 0.454 e. The van der Waals surface area contributed by atoms with Crippen LogP contribution in [-0.4, -0.2) is 43.3 Å². The van der Waals surface area contributed by atoms with Crippen LogP contribution >= 0.6 is 0 Å². The number of hydrogen-bond acceptors (Lipinski definition) is 5. The van der Waals surface area contributed by atoms with Crippen molar-refractivity contribution in [2.75, 3.05) is 20.3 Å². The Morgan fingerprint density at radius 2 is 2.07 bits per heavy atom. The van der Waals surface area contributed by atoms with Gasteiger partial charge < -0.3 is 14.6 Å². The highest BCUT2D eigenvalue weighted by Crippen LogP contribution is 1.94. The summed E-state index contributed by atoms with van der Waals surface area (Å²) in [5.74, 6) is -0.912. The van der Waals surface area contributed by atoms with Gasteiger partial charge in [-0.3, -0.25) is 4.79 Å². The molecule has 0 spiro atoms. The molecular formula is C9H14O5. The smallest absolute Gasteiger partial charge is 0.331 e. The number of aliphatic hydroxyl groups excluding tert-OH is 1. The minimum atomic E-state index is -0.691. The van der Waals surface area contributed by atoms with E-state index in [1.807, 2.05) is 0 Å². The van der Waals surface area contributed by atoms with E-state index < -0.39 is 12.1 Å². The minimum absolute atomic E-state index is 0.121. The first-order valence-electron chi connectivity index (χ1n) is 4.09. The van der Waals surface area contributed by atoms with Crippen LogP contribution in [0.3, 0.4) is 0 Å². The van der Waals surface area contributed by atoms with Gasteiger partial charge in [0.25, 0.3) is 0 Å². The molecule has 5 nitrogen and oxygen atoms in total. The van der Waals surface area contributed by atoms with Crippen LogP contribution in [-0.2, 0) is 19.1 Å². The highest BCUT2D eigenvalue weighted by atomic mass is 16.6. The van der Waals surface area contributed by atoms with Crippen molar-refractivity contribution < 1.29 is 24.2 Å². The zero-order chi connectivity index (χ0) is 11.0. The van der Waals surface area contributed by atoms with E-state index in [9.17, 15) is 9.59 Å². The molecule has 0 aliphatic heterocycles. The van der Waals surface area contributed by atoms with Crippen LogP contribution < -0.4 is 0 Å². The fraction of sp³-hybridized carbons (Fsp3) is 0.556. The number of ketones is 1. The summed E-state index contributed by atoms with van der Waals surface area (Å²) < 4.78 is 9.43. The lowest BCUT2D eigenvalue weighted by Crippen LogP contribution is -2.25. The summed E-state index contributed by atoms with van der Waals surface area (Å²) in [5, 5.41) is 8.74. The predicted octanol–water partition coefficient (Wildman–Crippen LogP) is -0.318. The highest BCUT2D eigenvalue weighted by molar-refractivity contribution is 5.94. The number of rotatable bonds is 6. The third kappa shape index (κ3) is 6.33. The average Bonchev–Trinajstić information content (AvgIpc) is 2.14. The van der Waals surface area contributed by atoms with Crippen molar-refractivity contribution >= 4 is 11.8 Å². The van der Waals surface area contributed by atoms with Gasteiger partial charge in [-0.1, -0.05) is 0 Å². The monoisotopic (exact) mass is 202 g/mol. The number of esters is 1. The lowest BCUT2D eigenvalue weighted by molar-refractivity contribution is -0.148. The van der Waals surface area contributed by atoms with Gasteiger partial charge in [0.2, 0.25) is 0 Å². The molecule has 0 radical (unpaired) electrons. The quantitative estimate of drug-likeness (QED) is 0.472. The van der Waals surface area contributed by atoms with E-state index in [1.54, 1.807) is 0 Å². The molecule has 1 N–H and O–H groups in total. The molecule has 80 valence electrons. The van der Waals surface area contributed by atoms with Crippen molar-refractivity contribution in [3.8, 4) is 0 Å². The minimum Gasteiger partial charge on any atom is -0.454 e. The van der Waals surface area contributed by atoms with E-state index in [0.29, 0.717) is 0 Å². The van der Waals surface area contributed by atoms with Gasteiger partial charge in [0.05, 0.1) is 13.2 Å². The van der Waals surface area contributed by atoms with Gasteiger partial charge in [0.15, 0.2) is 5.78 Å². The maximum absolute atomic E-state index is 11.0. The SMILES string of the molecule is COCC(CO)OC(=O)/C=C\C(C)=O. The molecule has 0 heterocycles. The Morgan fingerprint density at radius 3 is 2.50 bits per heavy atom. The molecule has 0 amide bonds. The summed E-state index contributed by atoms with van der Waals surface area (Å²) in [6.07, 6.45) is 1.42. The van der Waals surface area contributed by atoms with Gasteiger partial charge in [-0.25, -0.2) is 4.79 Å². The summed E-state index contributed by atoms with van der Waals surface area (Å²) in [7, 11) is 1.43. The summed E-state index contributed by atoms with van der Waals surface area (Å²) in [5.41, 5.74) is 0. The van der Waals surface area contributed by atoms with Crippen LogP contribution in [0.4, 0.5) is 0 Å². The molecule has 0 saturated heterocycles. The number of carbonyl (C=O) groups is 2. The van der Waals surface area contributed by atoms with Gasteiger partial charge in [0.1, 0.15) is 6.10 Å². The molecule has 0 fully saturated rings. The first-order valence-corrected chi connectivity index (χ1v) is 4.09. The third-order valence-electron chi connectivity index (χ3n) is 1.29. The van der Waals surface area contributed by atoms with Crippen molar-refractivity contribution in [1.82, 2.24) is 0 Å². The Bertz CT molecular complexity index is 221. The first-order chi connectivity index (χ1) is 6.60. The van der Waals surface area contributed by atoms with Crippen LogP contribution in [0.1, 0.15) is 6.92 Å². The summed E-state index contributed by atoms with van der Waals surface area (Å²) in [4.78, 5) is 21.4. The van der Waals surface area contributed by atoms with E-state index in [1.165, 1.54) is 14.0 Å². The van der Waals surface area contributed by atoms with Crippen molar-refractivity contribution in [2.24, 2.45) is 0 Å². The molecule has 0 aliphatic carbocycles. The Morgan fingerprint density at radius 1 is 1.43 bits per heavy atom. The van der Waals surface area contributed by atoms with E-state index in [0.717, 1.165) is 12.2 Å².